The number of methoxy groups -OCH3 is 1. The molecule has 1 aromatic heterocycles. The summed E-state index contributed by atoms with van der Waals surface area (Å²) in [7, 11) is 1.41. The molecular formula is C10H14BrNO2S. The summed E-state index contributed by atoms with van der Waals surface area (Å²) in [6.45, 7) is 2.64. The van der Waals surface area contributed by atoms with E-state index in [2.05, 4.69) is 21.2 Å². The maximum absolute atomic E-state index is 11.3. The number of carbonyl (C=O) groups excluding carboxylic acids is 1. The molecule has 1 N–H and O–H groups in total. The number of hydrogen-bond donors (Lipinski definition) is 1. The lowest BCUT2D eigenvalue weighted by molar-refractivity contribution is -0.143. The minimum absolute atomic E-state index is 0.204. The summed E-state index contributed by atoms with van der Waals surface area (Å²) >= 11 is 5.11. The third-order valence-electron chi connectivity index (χ3n) is 2.09. The molecule has 0 aliphatic heterocycles. The van der Waals surface area contributed by atoms with Crippen LogP contribution in [0.15, 0.2) is 15.9 Å². The third-order valence-corrected chi connectivity index (χ3v) is 4.02. The number of ether oxygens (including phenoxy) is 1. The van der Waals surface area contributed by atoms with Crippen LogP contribution in [0.25, 0.3) is 0 Å². The first kappa shape index (κ1) is 12.7. The van der Waals surface area contributed by atoms with Crippen molar-refractivity contribution in [3.05, 3.63) is 20.8 Å². The van der Waals surface area contributed by atoms with Gasteiger partial charge in [-0.25, -0.2) is 0 Å². The first-order chi connectivity index (χ1) is 7.19. The quantitative estimate of drug-likeness (QED) is 0.848. The van der Waals surface area contributed by atoms with E-state index in [1.54, 1.807) is 11.3 Å². The molecule has 1 heterocycles. The summed E-state index contributed by atoms with van der Waals surface area (Å²) in [6, 6.07) is 1.78. The molecule has 5 heteroatoms. The molecule has 1 rings (SSSR count). The van der Waals surface area contributed by atoms with Crippen LogP contribution in [0.3, 0.4) is 0 Å². The first-order valence-corrected chi connectivity index (χ1v) is 6.39. The van der Waals surface area contributed by atoms with E-state index < -0.39 is 0 Å². The number of carbonyl (C=O) groups is 1. The Kier molecular flexibility index (Phi) is 5.28. The summed E-state index contributed by atoms with van der Waals surface area (Å²) in [4.78, 5) is 12.5. The van der Waals surface area contributed by atoms with Crippen molar-refractivity contribution in [1.82, 2.24) is 5.32 Å². The summed E-state index contributed by atoms with van der Waals surface area (Å²) < 4.78 is 5.78. The van der Waals surface area contributed by atoms with Crippen molar-refractivity contribution in [3.8, 4) is 0 Å². The summed E-state index contributed by atoms with van der Waals surface area (Å²) in [6.07, 6.45) is 0.732. The summed E-state index contributed by atoms with van der Waals surface area (Å²) in [5.74, 6) is -0.204. The lowest BCUT2D eigenvalue weighted by Crippen LogP contribution is -2.36. The molecule has 0 aromatic carbocycles. The van der Waals surface area contributed by atoms with Gasteiger partial charge in [-0.05, 0) is 33.8 Å². The van der Waals surface area contributed by atoms with E-state index in [1.165, 1.54) is 12.0 Å². The van der Waals surface area contributed by atoms with Crippen molar-refractivity contribution in [3.63, 3.8) is 0 Å². The van der Waals surface area contributed by atoms with Crippen LogP contribution in [-0.2, 0) is 16.1 Å². The molecule has 3 nitrogen and oxygen atoms in total. The van der Waals surface area contributed by atoms with Crippen LogP contribution >= 0.6 is 27.3 Å². The molecule has 0 saturated heterocycles. The van der Waals surface area contributed by atoms with Gasteiger partial charge in [0.15, 0.2) is 0 Å². The Balaban J connectivity index is 2.48. The SMILES string of the molecule is CCC(NCc1sccc1Br)C(=O)OC. The fraction of sp³-hybridized carbons (Fsp3) is 0.500. The highest BCUT2D eigenvalue weighted by Crippen LogP contribution is 2.22. The highest BCUT2D eigenvalue weighted by Gasteiger charge is 2.16. The molecule has 84 valence electrons. The number of hydrogen-bond acceptors (Lipinski definition) is 4. The molecule has 0 radical (unpaired) electrons. The fourth-order valence-electron chi connectivity index (χ4n) is 1.20. The average molecular weight is 292 g/mol. The predicted octanol–water partition coefficient (Wildman–Crippen LogP) is 2.55. The van der Waals surface area contributed by atoms with Gasteiger partial charge in [-0.3, -0.25) is 10.1 Å². The van der Waals surface area contributed by atoms with E-state index in [-0.39, 0.29) is 12.0 Å². The molecule has 0 aliphatic rings. The van der Waals surface area contributed by atoms with Gasteiger partial charge in [0.1, 0.15) is 6.04 Å². The Labute approximate surface area is 102 Å². The van der Waals surface area contributed by atoms with E-state index in [9.17, 15) is 4.79 Å². The van der Waals surface area contributed by atoms with Gasteiger partial charge in [-0.15, -0.1) is 11.3 Å². The molecule has 0 bridgehead atoms. The lowest BCUT2D eigenvalue weighted by atomic mass is 10.2. The van der Waals surface area contributed by atoms with E-state index in [0.29, 0.717) is 6.54 Å². The van der Waals surface area contributed by atoms with Gasteiger partial charge in [0.05, 0.1) is 7.11 Å². The van der Waals surface area contributed by atoms with E-state index in [0.717, 1.165) is 10.9 Å². The average Bonchev–Trinajstić information content (AvgIpc) is 2.65. The fourth-order valence-corrected chi connectivity index (χ4v) is 2.65. The van der Waals surface area contributed by atoms with Crippen LogP contribution in [0.5, 0.6) is 0 Å². The molecular weight excluding hydrogens is 278 g/mol. The molecule has 1 atom stereocenters. The van der Waals surface area contributed by atoms with Crippen molar-refractivity contribution in [2.75, 3.05) is 7.11 Å². The van der Waals surface area contributed by atoms with E-state index in [1.807, 2.05) is 18.4 Å². The van der Waals surface area contributed by atoms with Gasteiger partial charge in [0.2, 0.25) is 0 Å². The van der Waals surface area contributed by atoms with Crippen LogP contribution in [0, 0.1) is 0 Å². The van der Waals surface area contributed by atoms with Crippen LogP contribution in [0.2, 0.25) is 0 Å². The Bertz CT molecular complexity index is 327. The Hall–Kier alpha value is -0.390. The largest absolute Gasteiger partial charge is 0.468 e. The Morgan fingerprint density at radius 2 is 2.47 bits per heavy atom. The van der Waals surface area contributed by atoms with Gasteiger partial charge in [0, 0.05) is 15.9 Å². The standard InChI is InChI=1S/C10H14BrNO2S/c1-3-8(10(13)14-2)12-6-9-7(11)4-5-15-9/h4-5,8,12H,3,6H2,1-2H3. The number of halogens is 1. The minimum Gasteiger partial charge on any atom is -0.468 e. The van der Waals surface area contributed by atoms with Gasteiger partial charge in [-0.2, -0.15) is 0 Å². The second-order valence-corrected chi connectivity index (χ2v) is 4.91. The second-order valence-electron chi connectivity index (χ2n) is 3.06. The molecule has 1 aromatic rings. The summed E-state index contributed by atoms with van der Waals surface area (Å²) in [5, 5.41) is 5.18. The number of nitrogens with one attached hydrogen (secondary N) is 1. The van der Waals surface area contributed by atoms with Gasteiger partial charge in [-0.1, -0.05) is 6.92 Å². The zero-order valence-electron chi connectivity index (χ0n) is 8.75. The molecule has 0 fully saturated rings. The predicted molar refractivity (Wildman–Crippen MR) is 65.0 cm³/mol. The highest BCUT2D eigenvalue weighted by molar-refractivity contribution is 9.10. The molecule has 0 amide bonds. The van der Waals surface area contributed by atoms with Crippen LogP contribution in [-0.4, -0.2) is 19.1 Å². The zero-order valence-corrected chi connectivity index (χ0v) is 11.2. The maximum atomic E-state index is 11.3. The highest BCUT2D eigenvalue weighted by atomic mass is 79.9. The number of rotatable bonds is 5. The molecule has 0 aliphatic carbocycles. The van der Waals surface area contributed by atoms with Crippen LogP contribution < -0.4 is 5.32 Å². The van der Waals surface area contributed by atoms with Crippen molar-refractivity contribution in [2.45, 2.75) is 25.9 Å². The van der Waals surface area contributed by atoms with Crippen LogP contribution in [0.4, 0.5) is 0 Å². The van der Waals surface area contributed by atoms with Crippen molar-refractivity contribution in [2.24, 2.45) is 0 Å². The van der Waals surface area contributed by atoms with Crippen molar-refractivity contribution in [1.29, 1.82) is 0 Å². The second kappa shape index (κ2) is 6.25. The zero-order chi connectivity index (χ0) is 11.3. The first-order valence-electron chi connectivity index (χ1n) is 4.72. The van der Waals surface area contributed by atoms with E-state index >= 15 is 0 Å². The molecule has 0 spiro atoms. The lowest BCUT2D eigenvalue weighted by Gasteiger charge is -2.13. The minimum atomic E-state index is -0.219. The monoisotopic (exact) mass is 291 g/mol. The van der Waals surface area contributed by atoms with Crippen LogP contribution in [0.1, 0.15) is 18.2 Å². The maximum Gasteiger partial charge on any atom is 0.322 e. The molecule has 0 saturated carbocycles. The van der Waals surface area contributed by atoms with Gasteiger partial charge >= 0.3 is 5.97 Å². The van der Waals surface area contributed by atoms with E-state index in [4.69, 9.17) is 4.74 Å². The van der Waals surface area contributed by atoms with Crippen molar-refractivity contribution >= 4 is 33.2 Å². The third kappa shape index (κ3) is 3.59. The van der Waals surface area contributed by atoms with Gasteiger partial charge < -0.3 is 4.74 Å². The van der Waals surface area contributed by atoms with Gasteiger partial charge in [0.25, 0.3) is 0 Å². The Morgan fingerprint density at radius 3 is 2.93 bits per heavy atom. The molecule has 1 unspecified atom stereocenters. The Morgan fingerprint density at radius 1 is 1.73 bits per heavy atom. The smallest absolute Gasteiger partial charge is 0.322 e. The summed E-state index contributed by atoms with van der Waals surface area (Å²) in [5.41, 5.74) is 0. The molecule has 15 heavy (non-hydrogen) atoms. The topological polar surface area (TPSA) is 38.3 Å². The number of thiophene rings is 1. The normalized spacial score (nSPS) is 12.5. The number of esters is 1. The van der Waals surface area contributed by atoms with Crippen molar-refractivity contribution < 1.29 is 9.53 Å².